The van der Waals surface area contributed by atoms with Gasteiger partial charge in [-0.05, 0) is 70.8 Å². The Hall–Kier alpha value is -6.19. The van der Waals surface area contributed by atoms with E-state index in [1.165, 1.54) is 27.6 Å². The van der Waals surface area contributed by atoms with E-state index in [1.807, 2.05) is 30.3 Å². The molecule has 1 aromatic heterocycles. The van der Waals surface area contributed by atoms with E-state index < -0.39 is 0 Å². The molecule has 1 aliphatic carbocycles. The molecule has 216 valence electrons. The normalized spacial score (nSPS) is 11.5. The second-order valence-electron chi connectivity index (χ2n) is 11.6. The molecule has 0 fully saturated rings. The van der Waals surface area contributed by atoms with Crippen molar-refractivity contribution in [2.45, 2.75) is 0 Å². The van der Waals surface area contributed by atoms with Crippen molar-refractivity contribution >= 4 is 27.8 Å². The number of fused-ring (bicyclic) bond motifs is 3. The van der Waals surface area contributed by atoms with Crippen molar-refractivity contribution in [3.8, 4) is 56.3 Å². The number of rotatable bonds is 6. The standard InChI is InChI=1S/C43H28N2O/c1-4-13-29(14-5-1)32-19-10-21-34(27-32)45(35-22-11-20-33(28-35)30-15-6-2-7-16-30)39-26-25-38-40-36(39)23-12-24-37(40)41-42(38)46-43(44-41)31-17-8-3-9-18-31/h1-28H. The Morgan fingerprint density at radius 1 is 0.435 bits per heavy atom. The smallest absolute Gasteiger partial charge is 0.227 e. The average Bonchev–Trinajstić information content (AvgIpc) is 3.70. The van der Waals surface area contributed by atoms with Crippen LogP contribution in [0.25, 0.3) is 67.1 Å². The number of nitrogens with zero attached hydrogens (tertiary/aromatic N) is 2. The predicted molar refractivity (Wildman–Crippen MR) is 189 cm³/mol. The van der Waals surface area contributed by atoms with Gasteiger partial charge in [0.25, 0.3) is 0 Å². The fourth-order valence-corrected chi connectivity index (χ4v) is 6.70. The zero-order valence-electron chi connectivity index (χ0n) is 25.0. The van der Waals surface area contributed by atoms with Crippen molar-refractivity contribution in [3.05, 3.63) is 170 Å². The fraction of sp³-hybridized carbons (Fsp3) is 0. The molecule has 9 rings (SSSR count). The van der Waals surface area contributed by atoms with Gasteiger partial charge in [0.2, 0.25) is 5.89 Å². The van der Waals surface area contributed by atoms with E-state index in [0.29, 0.717) is 5.89 Å². The summed E-state index contributed by atoms with van der Waals surface area (Å²) in [5.74, 6) is 1.48. The van der Waals surface area contributed by atoms with E-state index >= 15 is 0 Å². The second-order valence-corrected chi connectivity index (χ2v) is 11.6. The highest BCUT2D eigenvalue weighted by Gasteiger charge is 2.30. The van der Waals surface area contributed by atoms with Gasteiger partial charge in [-0.1, -0.05) is 121 Å². The van der Waals surface area contributed by atoms with Crippen LogP contribution in [0.15, 0.2) is 174 Å². The summed E-state index contributed by atoms with van der Waals surface area (Å²) >= 11 is 0. The Balaban J connectivity index is 1.24. The van der Waals surface area contributed by atoms with Gasteiger partial charge >= 0.3 is 0 Å². The molecule has 46 heavy (non-hydrogen) atoms. The van der Waals surface area contributed by atoms with Crippen molar-refractivity contribution in [1.29, 1.82) is 0 Å². The topological polar surface area (TPSA) is 29.3 Å². The van der Waals surface area contributed by atoms with Crippen LogP contribution < -0.4 is 4.90 Å². The molecule has 0 N–H and O–H groups in total. The van der Waals surface area contributed by atoms with Crippen LogP contribution in [-0.2, 0) is 0 Å². The average molecular weight is 589 g/mol. The summed E-state index contributed by atoms with van der Waals surface area (Å²) in [6, 6.07) is 59.8. The summed E-state index contributed by atoms with van der Waals surface area (Å²) in [6.45, 7) is 0. The van der Waals surface area contributed by atoms with Crippen LogP contribution in [0.3, 0.4) is 0 Å². The Morgan fingerprint density at radius 3 is 1.59 bits per heavy atom. The number of aromatic nitrogens is 1. The first-order valence-electron chi connectivity index (χ1n) is 15.6. The van der Waals surface area contributed by atoms with Crippen LogP contribution in [-0.4, -0.2) is 4.98 Å². The number of anilines is 3. The highest BCUT2D eigenvalue weighted by atomic mass is 16.4. The molecule has 0 spiro atoms. The maximum atomic E-state index is 6.46. The number of benzene rings is 7. The molecule has 1 heterocycles. The van der Waals surface area contributed by atoms with Crippen molar-refractivity contribution in [2.75, 3.05) is 4.90 Å². The van der Waals surface area contributed by atoms with Crippen molar-refractivity contribution < 1.29 is 4.42 Å². The molecule has 0 radical (unpaired) electrons. The number of oxazole rings is 1. The first-order valence-corrected chi connectivity index (χ1v) is 15.6. The quantitative estimate of drug-likeness (QED) is 0.193. The van der Waals surface area contributed by atoms with Gasteiger partial charge in [0.15, 0.2) is 5.76 Å². The molecule has 7 aromatic carbocycles. The molecule has 0 saturated carbocycles. The molecule has 3 heteroatoms. The van der Waals surface area contributed by atoms with Gasteiger partial charge in [0.1, 0.15) is 5.69 Å². The molecular formula is C43H28N2O. The van der Waals surface area contributed by atoms with Crippen molar-refractivity contribution in [1.82, 2.24) is 4.98 Å². The number of hydrogen-bond acceptors (Lipinski definition) is 3. The first kappa shape index (κ1) is 26.2. The lowest BCUT2D eigenvalue weighted by Gasteiger charge is -2.28. The van der Waals surface area contributed by atoms with Gasteiger partial charge in [0, 0.05) is 38.8 Å². The minimum Gasteiger partial charge on any atom is -0.435 e. The summed E-state index contributed by atoms with van der Waals surface area (Å²) in [5, 5.41) is 2.32. The third-order valence-electron chi connectivity index (χ3n) is 8.83. The molecule has 0 unspecified atom stereocenters. The lowest BCUT2D eigenvalue weighted by Crippen LogP contribution is -2.11. The molecule has 1 aliphatic rings. The number of hydrogen-bond donors (Lipinski definition) is 0. The molecule has 0 aliphatic heterocycles. The molecule has 0 saturated heterocycles. The Morgan fingerprint density at radius 2 is 0.978 bits per heavy atom. The van der Waals surface area contributed by atoms with Crippen LogP contribution in [0.1, 0.15) is 0 Å². The van der Waals surface area contributed by atoms with E-state index in [-0.39, 0.29) is 0 Å². The van der Waals surface area contributed by atoms with Crippen LogP contribution in [0.5, 0.6) is 0 Å². The molecule has 0 bridgehead atoms. The summed E-state index contributed by atoms with van der Waals surface area (Å²) < 4.78 is 6.46. The summed E-state index contributed by atoms with van der Waals surface area (Å²) in [5.41, 5.74) is 12.1. The van der Waals surface area contributed by atoms with Gasteiger partial charge in [-0.3, -0.25) is 0 Å². The van der Waals surface area contributed by atoms with Crippen LogP contribution >= 0.6 is 0 Å². The minimum absolute atomic E-state index is 0.648. The lowest BCUT2D eigenvalue weighted by molar-refractivity contribution is 0.590. The summed E-state index contributed by atoms with van der Waals surface area (Å²) in [4.78, 5) is 7.38. The van der Waals surface area contributed by atoms with E-state index in [2.05, 4.69) is 144 Å². The second kappa shape index (κ2) is 10.8. The Labute approximate surface area is 267 Å². The van der Waals surface area contributed by atoms with Crippen molar-refractivity contribution in [3.63, 3.8) is 0 Å². The first-order chi connectivity index (χ1) is 22.8. The Kier molecular flexibility index (Phi) is 6.14. The maximum Gasteiger partial charge on any atom is 0.227 e. The zero-order valence-corrected chi connectivity index (χ0v) is 25.0. The molecule has 0 amide bonds. The van der Waals surface area contributed by atoms with Crippen molar-refractivity contribution in [2.24, 2.45) is 0 Å². The molecule has 8 aromatic rings. The molecule has 3 nitrogen and oxygen atoms in total. The minimum atomic E-state index is 0.648. The largest absolute Gasteiger partial charge is 0.435 e. The SMILES string of the molecule is c1ccc(-c2cccc(N(c3cccc(-c4ccccc4)c3)c3ccc4c5c(cccc35)-c3nc(-c5ccccc5)oc3-4)c2)cc1. The zero-order chi connectivity index (χ0) is 30.5. The van der Waals surface area contributed by atoms with E-state index in [0.717, 1.165) is 50.6 Å². The highest BCUT2D eigenvalue weighted by molar-refractivity contribution is 6.17. The van der Waals surface area contributed by atoms with Gasteiger partial charge < -0.3 is 9.32 Å². The van der Waals surface area contributed by atoms with Crippen LogP contribution in [0, 0.1) is 0 Å². The van der Waals surface area contributed by atoms with Gasteiger partial charge in [-0.2, -0.15) is 0 Å². The third-order valence-corrected chi connectivity index (χ3v) is 8.83. The van der Waals surface area contributed by atoms with E-state index in [9.17, 15) is 0 Å². The van der Waals surface area contributed by atoms with Crippen LogP contribution in [0.4, 0.5) is 17.1 Å². The third kappa shape index (κ3) is 4.33. The van der Waals surface area contributed by atoms with Crippen LogP contribution in [0.2, 0.25) is 0 Å². The van der Waals surface area contributed by atoms with E-state index in [4.69, 9.17) is 9.40 Å². The summed E-state index contributed by atoms with van der Waals surface area (Å²) in [6.07, 6.45) is 0. The monoisotopic (exact) mass is 588 g/mol. The molecule has 0 atom stereocenters. The highest BCUT2D eigenvalue weighted by Crippen LogP contribution is 2.52. The fourth-order valence-electron chi connectivity index (χ4n) is 6.70. The van der Waals surface area contributed by atoms with Gasteiger partial charge in [-0.15, -0.1) is 0 Å². The maximum absolute atomic E-state index is 6.46. The van der Waals surface area contributed by atoms with Gasteiger partial charge in [-0.25, -0.2) is 4.98 Å². The lowest BCUT2D eigenvalue weighted by atomic mass is 9.99. The Bertz CT molecular complexity index is 2250. The predicted octanol–water partition coefficient (Wildman–Crippen LogP) is 11.9. The van der Waals surface area contributed by atoms with Gasteiger partial charge in [0.05, 0.1) is 5.69 Å². The molecular weight excluding hydrogens is 560 g/mol. The summed E-state index contributed by atoms with van der Waals surface area (Å²) in [7, 11) is 0. The van der Waals surface area contributed by atoms with E-state index in [1.54, 1.807) is 0 Å².